The molecule has 23 heavy (non-hydrogen) atoms. The molecule has 2 amide bonds. The molecule has 1 aromatic rings. The molecule has 1 fully saturated rings. The van der Waals surface area contributed by atoms with Crippen molar-refractivity contribution in [2.75, 3.05) is 23.3 Å². The molecule has 120 valence electrons. The first-order chi connectivity index (χ1) is 11.0. The zero-order valence-corrected chi connectivity index (χ0v) is 12.0. The molecule has 1 heterocycles. The molecular weight excluding hydrogens is 305 g/mol. The summed E-state index contributed by atoms with van der Waals surface area (Å²) >= 11 is 0. The number of allylic oxidation sites excluding steroid dienone is 1. The summed E-state index contributed by atoms with van der Waals surface area (Å²) in [7, 11) is 0. The van der Waals surface area contributed by atoms with E-state index in [4.69, 9.17) is 15.7 Å². The molecule has 1 unspecified atom stereocenters. The Morgan fingerprint density at radius 2 is 2.39 bits per heavy atom. The molecule has 1 aliphatic rings. The van der Waals surface area contributed by atoms with Crippen LogP contribution in [0.1, 0.15) is 0 Å². The Hall–Kier alpha value is -3.28. The van der Waals surface area contributed by atoms with E-state index in [0.29, 0.717) is 12.1 Å². The third-order valence-electron chi connectivity index (χ3n) is 3.08. The molecule has 8 nitrogen and oxygen atoms in total. The Kier molecular flexibility index (Phi) is 4.99. The van der Waals surface area contributed by atoms with Crippen LogP contribution in [-0.4, -0.2) is 31.7 Å². The molecule has 1 saturated heterocycles. The summed E-state index contributed by atoms with van der Waals surface area (Å²) in [5.74, 6) is -0.619. The van der Waals surface area contributed by atoms with Crippen molar-refractivity contribution in [1.82, 2.24) is 5.32 Å². The van der Waals surface area contributed by atoms with Crippen LogP contribution < -0.4 is 21.3 Å². The van der Waals surface area contributed by atoms with Crippen molar-refractivity contribution in [2.24, 2.45) is 5.73 Å². The number of halogens is 1. The number of ether oxygens (including phenoxy) is 1. The lowest BCUT2D eigenvalue weighted by Crippen LogP contribution is -2.30. The molecule has 0 aromatic heterocycles. The Morgan fingerprint density at radius 1 is 1.61 bits per heavy atom. The van der Waals surface area contributed by atoms with Crippen molar-refractivity contribution in [3.8, 4) is 6.07 Å². The van der Waals surface area contributed by atoms with Crippen molar-refractivity contribution >= 4 is 23.9 Å². The molecule has 4 N–H and O–H groups in total. The number of carbonyl (C=O) groups excluding carboxylic acids is 2. The number of nitriles is 1. The highest BCUT2D eigenvalue weighted by Crippen LogP contribution is 2.25. The van der Waals surface area contributed by atoms with E-state index in [0.717, 1.165) is 6.07 Å². The molecule has 2 rings (SSSR count). The summed E-state index contributed by atoms with van der Waals surface area (Å²) in [5, 5.41) is 13.5. The second-order valence-electron chi connectivity index (χ2n) is 4.66. The van der Waals surface area contributed by atoms with Crippen molar-refractivity contribution in [3.05, 3.63) is 35.9 Å². The Bertz CT molecular complexity index is 685. The van der Waals surface area contributed by atoms with Crippen molar-refractivity contribution < 1.29 is 18.7 Å². The number of anilines is 2. The summed E-state index contributed by atoms with van der Waals surface area (Å²) in [4.78, 5) is 23.3. The lowest BCUT2D eigenvalue weighted by molar-refractivity contribution is -0.109. The number of amides is 2. The SMILES string of the molecule is N#C/C(N)=C/Nc1ccc(N2CC(CNC=O)OC2=O)cc1F. The van der Waals surface area contributed by atoms with Crippen LogP contribution in [0.4, 0.5) is 20.6 Å². The van der Waals surface area contributed by atoms with E-state index in [1.165, 1.54) is 23.2 Å². The van der Waals surface area contributed by atoms with E-state index in [2.05, 4.69) is 10.6 Å². The predicted molar refractivity (Wildman–Crippen MR) is 79.6 cm³/mol. The van der Waals surface area contributed by atoms with Crippen LogP contribution >= 0.6 is 0 Å². The fraction of sp³-hybridized carbons (Fsp3) is 0.214. The van der Waals surface area contributed by atoms with Crippen LogP contribution in [0.25, 0.3) is 0 Å². The molecule has 0 aliphatic carbocycles. The van der Waals surface area contributed by atoms with Gasteiger partial charge in [0.05, 0.1) is 24.5 Å². The fourth-order valence-electron chi connectivity index (χ4n) is 1.99. The molecule has 0 spiro atoms. The average Bonchev–Trinajstić information content (AvgIpc) is 2.92. The highest BCUT2D eigenvalue weighted by atomic mass is 19.1. The third kappa shape index (κ3) is 3.88. The molecule has 0 saturated carbocycles. The van der Waals surface area contributed by atoms with E-state index >= 15 is 0 Å². The second kappa shape index (κ2) is 7.13. The van der Waals surface area contributed by atoms with E-state index in [9.17, 15) is 14.0 Å². The number of carbonyl (C=O) groups is 2. The number of nitrogens with zero attached hydrogens (tertiary/aromatic N) is 2. The molecule has 0 radical (unpaired) electrons. The van der Waals surface area contributed by atoms with Crippen LogP contribution in [0, 0.1) is 17.1 Å². The molecule has 0 bridgehead atoms. The quantitative estimate of drug-likeness (QED) is 0.522. The third-order valence-corrected chi connectivity index (χ3v) is 3.08. The molecule has 9 heteroatoms. The lowest BCUT2D eigenvalue weighted by atomic mass is 10.2. The van der Waals surface area contributed by atoms with Crippen LogP contribution in [0.15, 0.2) is 30.1 Å². The first-order valence-corrected chi connectivity index (χ1v) is 6.62. The topological polar surface area (TPSA) is 120 Å². The molecular formula is C14H14FN5O3. The average molecular weight is 319 g/mol. The standard InChI is InChI=1S/C14H14FN5O3/c15-12-3-10(1-2-13(12)19-5-9(17)4-16)20-7-11(6-18-8-21)23-14(20)22/h1-3,5,8,11,19H,6-7,17H2,(H,18,21)/b9-5-. The van der Waals surface area contributed by atoms with Gasteiger partial charge in [-0.2, -0.15) is 5.26 Å². The molecule has 1 atom stereocenters. The maximum atomic E-state index is 14.0. The molecule has 1 aliphatic heterocycles. The van der Waals surface area contributed by atoms with Gasteiger partial charge in [0.2, 0.25) is 6.41 Å². The van der Waals surface area contributed by atoms with E-state index in [1.807, 2.05) is 0 Å². The van der Waals surface area contributed by atoms with Gasteiger partial charge in [-0.1, -0.05) is 0 Å². The second-order valence-corrected chi connectivity index (χ2v) is 4.66. The zero-order chi connectivity index (χ0) is 16.8. The van der Waals surface area contributed by atoms with Gasteiger partial charge in [0.15, 0.2) is 0 Å². The van der Waals surface area contributed by atoms with Gasteiger partial charge in [0, 0.05) is 6.20 Å². The first-order valence-electron chi connectivity index (χ1n) is 6.62. The highest BCUT2D eigenvalue weighted by molar-refractivity contribution is 5.90. The summed E-state index contributed by atoms with van der Waals surface area (Å²) in [6.45, 7) is 0.388. The van der Waals surface area contributed by atoms with Gasteiger partial charge in [-0.05, 0) is 18.2 Å². The Balaban J connectivity index is 2.10. The van der Waals surface area contributed by atoms with Gasteiger partial charge >= 0.3 is 6.09 Å². The fourth-order valence-corrected chi connectivity index (χ4v) is 1.99. The van der Waals surface area contributed by atoms with E-state index < -0.39 is 18.0 Å². The number of hydrogen-bond donors (Lipinski definition) is 3. The van der Waals surface area contributed by atoms with Gasteiger partial charge in [0.1, 0.15) is 23.7 Å². The summed E-state index contributed by atoms with van der Waals surface area (Å²) in [6, 6.07) is 5.79. The molecule has 1 aromatic carbocycles. The minimum atomic E-state index is -0.619. The van der Waals surface area contributed by atoms with Crippen LogP contribution in [-0.2, 0) is 9.53 Å². The number of hydrogen-bond acceptors (Lipinski definition) is 6. The van der Waals surface area contributed by atoms with Crippen molar-refractivity contribution in [2.45, 2.75) is 6.10 Å². The summed E-state index contributed by atoms with van der Waals surface area (Å²) in [6.07, 6.45) is 0.573. The highest BCUT2D eigenvalue weighted by Gasteiger charge is 2.32. The normalized spacial score (nSPS) is 17.4. The van der Waals surface area contributed by atoms with Crippen molar-refractivity contribution in [3.63, 3.8) is 0 Å². The Labute approximate surface area is 131 Å². The number of rotatable bonds is 6. The van der Waals surface area contributed by atoms with E-state index in [1.54, 1.807) is 6.07 Å². The lowest BCUT2D eigenvalue weighted by Gasteiger charge is -2.14. The first kappa shape index (κ1) is 16.1. The minimum absolute atomic E-state index is 0.0953. The van der Waals surface area contributed by atoms with Crippen LogP contribution in [0.5, 0.6) is 0 Å². The monoisotopic (exact) mass is 319 g/mol. The number of cyclic esters (lactones) is 1. The van der Waals surface area contributed by atoms with E-state index in [-0.39, 0.29) is 24.5 Å². The number of nitrogens with one attached hydrogen (secondary N) is 2. The van der Waals surface area contributed by atoms with Gasteiger partial charge < -0.3 is 21.1 Å². The van der Waals surface area contributed by atoms with Gasteiger partial charge in [-0.3, -0.25) is 9.69 Å². The number of nitrogens with two attached hydrogens (primary N) is 1. The maximum absolute atomic E-state index is 14.0. The smallest absolute Gasteiger partial charge is 0.414 e. The minimum Gasteiger partial charge on any atom is -0.442 e. The van der Waals surface area contributed by atoms with Gasteiger partial charge in [-0.15, -0.1) is 0 Å². The maximum Gasteiger partial charge on any atom is 0.414 e. The largest absolute Gasteiger partial charge is 0.442 e. The van der Waals surface area contributed by atoms with Crippen molar-refractivity contribution in [1.29, 1.82) is 5.26 Å². The Morgan fingerprint density at radius 3 is 3.04 bits per heavy atom. The van der Waals surface area contributed by atoms with Gasteiger partial charge in [-0.25, -0.2) is 9.18 Å². The summed E-state index contributed by atoms with van der Waals surface area (Å²) < 4.78 is 19.1. The van der Waals surface area contributed by atoms with Crippen LogP contribution in [0.3, 0.4) is 0 Å². The predicted octanol–water partition coefficient (Wildman–Crippen LogP) is 0.632. The van der Waals surface area contributed by atoms with Gasteiger partial charge in [0.25, 0.3) is 0 Å². The zero-order valence-electron chi connectivity index (χ0n) is 12.0. The number of benzene rings is 1. The van der Waals surface area contributed by atoms with Crippen LogP contribution in [0.2, 0.25) is 0 Å². The summed E-state index contributed by atoms with van der Waals surface area (Å²) in [5.41, 5.74) is 5.63.